The van der Waals surface area contributed by atoms with E-state index in [9.17, 15) is 0 Å². The van der Waals surface area contributed by atoms with E-state index in [1.165, 1.54) is 45.6 Å². The van der Waals surface area contributed by atoms with E-state index in [4.69, 9.17) is 5.73 Å². The van der Waals surface area contributed by atoms with Crippen LogP contribution in [0.4, 0.5) is 0 Å². The number of hydrogen-bond donors (Lipinski definition) is 1. The van der Waals surface area contributed by atoms with Crippen LogP contribution in [-0.4, -0.2) is 55.1 Å². The Morgan fingerprint density at radius 1 is 1.13 bits per heavy atom. The van der Waals surface area contributed by atoms with Gasteiger partial charge in [0.15, 0.2) is 0 Å². The van der Waals surface area contributed by atoms with Crippen LogP contribution in [0.2, 0.25) is 0 Å². The third-order valence-electron chi connectivity index (χ3n) is 3.70. The van der Waals surface area contributed by atoms with E-state index in [0.29, 0.717) is 6.04 Å². The minimum atomic E-state index is 0.375. The van der Waals surface area contributed by atoms with Crippen molar-refractivity contribution in [3.8, 4) is 0 Å². The molecule has 1 unspecified atom stereocenters. The molecular weight excluding hydrogens is 186 g/mol. The second kappa shape index (κ2) is 5.28. The minimum absolute atomic E-state index is 0.375. The molecule has 0 bridgehead atoms. The van der Waals surface area contributed by atoms with Crippen LogP contribution in [0, 0.1) is 5.92 Å². The Kier molecular flexibility index (Phi) is 4.00. The first-order valence-electron chi connectivity index (χ1n) is 6.48. The first-order valence-corrected chi connectivity index (χ1v) is 6.48. The molecule has 1 aliphatic heterocycles. The smallest absolute Gasteiger partial charge is 0.0165 e. The molecule has 0 aromatic carbocycles. The van der Waals surface area contributed by atoms with E-state index in [1.54, 1.807) is 0 Å². The molecule has 1 heterocycles. The minimum Gasteiger partial charge on any atom is -0.327 e. The molecule has 1 aliphatic carbocycles. The van der Waals surface area contributed by atoms with Gasteiger partial charge in [0, 0.05) is 45.3 Å². The molecule has 1 saturated carbocycles. The molecule has 2 N–H and O–H groups in total. The fourth-order valence-electron chi connectivity index (χ4n) is 2.28. The van der Waals surface area contributed by atoms with Gasteiger partial charge in [-0.2, -0.15) is 0 Å². The first-order chi connectivity index (χ1) is 7.28. The molecule has 0 radical (unpaired) electrons. The summed E-state index contributed by atoms with van der Waals surface area (Å²) in [5.74, 6) is 1.04. The van der Waals surface area contributed by atoms with Crippen LogP contribution in [0.5, 0.6) is 0 Å². The Balaban J connectivity index is 1.62. The Morgan fingerprint density at radius 2 is 1.73 bits per heavy atom. The summed E-state index contributed by atoms with van der Waals surface area (Å²) in [7, 11) is 0. The zero-order valence-corrected chi connectivity index (χ0v) is 9.99. The van der Waals surface area contributed by atoms with Gasteiger partial charge in [0.2, 0.25) is 0 Å². The van der Waals surface area contributed by atoms with Crippen molar-refractivity contribution >= 4 is 0 Å². The van der Waals surface area contributed by atoms with Crippen LogP contribution in [-0.2, 0) is 0 Å². The molecular formula is C12H25N3. The predicted octanol–water partition coefficient (Wildman–Crippen LogP) is 0.751. The van der Waals surface area contributed by atoms with E-state index in [1.807, 2.05) is 0 Å². The van der Waals surface area contributed by atoms with Crippen molar-refractivity contribution in [1.29, 1.82) is 0 Å². The average molecular weight is 211 g/mol. The number of rotatable bonds is 5. The maximum Gasteiger partial charge on any atom is 0.0165 e. The van der Waals surface area contributed by atoms with Gasteiger partial charge in [0.25, 0.3) is 0 Å². The van der Waals surface area contributed by atoms with Crippen LogP contribution < -0.4 is 5.73 Å². The van der Waals surface area contributed by atoms with Gasteiger partial charge in [-0.3, -0.25) is 4.90 Å². The first kappa shape index (κ1) is 11.4. The quantitative estimate of drug-likeness (QED) is 0.728. The maximum absolute atomic E-state index is 5.97. The molecule has 2 fully saturated rings. The second-order valence-corrected chi connectivity index (χ2v) is 5.21. The Bertz CT molecular complexity index is 183. The van der Waals surface area contributed by atoms with Gasteiger partial charge in [0.1, 0.15) is 0 Å². The summed E-state index contributed by atoms with van der Waals surface area (Å²) in [4.78, 5) is 5.16. The standard InChI is InChI=1S/C12H25N3/c1-2-12(13)10-15-7-5-14(6-8-15)9-11-3-4-11/h11-12H,2-10,13H2,1H3. The fraction of sp³-hybridized carbons (Fsp3) is 1.00. The molecule has 1 saturated heterocycles. The molecule has 3 heteroatoms. The molecule has 1 atom stereocenters. The van der Waals surface area contributed by atoms with Gasteiger partial charge < -0.3 is 10.6 Å². The number of piperazine rings is 1. The van der Waals surface area contributed by atoms with Crippen molar-refractivity contribution in [2.75, 3.05) is 39.3 Å². The monoisotopic (exact) mass is 211 g/mol. The Hall–Kier alpha value is -0.120. The third-order valence-corrected chi connectivity index (χ3v) is 3.70. The number of nitrogens with two attached hydrogens (primary N) is 1. The molecule has 3 nitrogen and oxygen atoms in total. The molecule has 15 heavy (non-hydrogen) atoms. The van der Waals surface area contributed by atoms with E-state index in [0.717, 1.165) is 18.9 Å². The van der Waals surface area contributed by atoms with Crippen LogP contribution in [0.1, 0.15) is 26.2 Å². The lowest BCUT2D eigenvalue weighted by Gasteiger charge is -2.35. The van der Waals surface area contributed by atoms with Crippen molar-refractivity contribution in [3.05, 3.63) is 0 Å². The van der Waals surface area contributed by atoms with E-state index in [-0.39, 0.29) is 0 Å². The van der Waals surface area contributed by atoms with Crippen LogP contribution in [0.3, 0.4) is 0 Å². The largest absolute Gasteiger partial charge is 0.327 e. The second-order valence-electron chi connectivity index (χ2n) is 5.21. The van der Waals surface area contributed by atoms with Gasteiger partial charge >= 0.3 is 0 Å². The lowest BCUT2D eigenvalue weighted by atomic mass is 10.2. The maximum atomic E-state index is 5.97. The molecule has 0 aromatic rings. The van der Waals surface area contributed by atoms with E-state index in [2.05, 4.69) is 16.7 Å². The van der Waals surface area contributed by atoms with Crippen molar-refractivity contribution in [3.63, 3.8) is 0 Å². The fourth-order valence-corrected chi connectivity index (χ4v) is 2.28. The Labute approximate surface area is 93.6 Å². The van der Waals surface area contributed by atoms with E-state index >= 15 is 0 Å². The van der Waals surface area contributed by atoms with Crippen LogP contribution >= 0.6 is 0 Å². The van der Waals surface area contributed by atoms with Crippen molar-refractivity contribution in [1.82, 2.24) is 9.80 Å². The van der Waals surface area contributed by atoms with Crippen LogP contribution in [0.25, 0.3) is 0 Å². The van der Waals surface area contributed by atoms with Crippen molar-refractivity contribution < 1.29 is 0 Å². The molecule has 0 amide bonds. The van der Waals surface area contributed by atoms with Gasteiger partial charge in [-0.25, -0.2) is 0 Å². The van der Waals surface area contributed by atoms with Crippen LogP contribution in [0.15, 0.2) is 0 Å². The molecule has 2 aliphatic rings. The summed E-state index contributed by atoms with van der Waals surface area (Å²) < 4.78 is 0. The lowest BCUT2D eigenvalue weighted by molar-refractivity contribution is 0.123. The summed E-state index contributed by atoms with van der Waals surface area (Å²) in [6.45, 7) is 9.58. The highest BCUT2D eigenvalue weighted by molar-refractivity contribution is 4.81. The highest BCUT2D eigenvalue weighted by Gasteiger charge is 2.26. The zero-order chi connectivity index (χ0) is 10.7. The van der Waals surface area contributed by atoms with Crippen molar-refractivity contribution in [2.45, 2.75) is 32.2 Å². The summed E-state index contributed by atoms with van der Waals surface area (Å²) in [5.41, 5.74) is 5.97. The average Bonchev–Trinajstić information content (AvgIpc) is 3.05. The van der Waals surface area contributed by atoms with Gasteiger partial charge in [-0.1, -0.05) is 6.92 Å². The van der Waals surface area contributed by atoms with Gasteiger partial charge in [0.05, 0.1) is 0 Å². The highest BCUT2D eigenvalue weighted by Crippen LogP contribution is 2.29. The molecule has 0 aromatic heterocycles. The zero-order valence-electron chi connectivity index (χ0n) is 9.99. The Morgan fingerprint density at radius 3 is 2.27 bits per heavy atom. The molecule has 88 valence electrons. The van der Waals surface area contributed by atoms with Gasteiger partial charge in [-0.15, -0.1) is 0 Å². The third kappa shape index (κ3) is 3.74. The van der Waals surface area contributed by atoms with Crippen molar-refractivity contribution in [2.24, 2.45) is 11.7 Å². The summed E-state index contributed by atoms with van der Waals surface area (Å²) in [6, 6.07) is 0.375. The summed E-state index contributed by atoms with van der Waals surface area (Å²) in [6.07, 6.45) is 4.05. The topological polar surface area (TPSA) is 32.5 Å². The highest BCUT2D eigenvalue weighted by atomic mass is 15.3. The predicted molar refractivity (Wildman–Crippen MR) is 63.9 cm³/mol. The van der Waals surface area contributed by atoms with Gasteiger partial charge in [-0.05, 0) is 25.2 Å². The SMILES string of the molecule is CCC(N)CN1CCN(CC2CC2)CC1. The summed E-state index contributed by atoms with van der Waals surface area (Å²) in [5, 5.41) is 0. The van der Waals surface area contributed by atoms with E-state index < -0.39 is 0 Å². The summed E-state index contributed by atoms with van der Waals surface area (Å²) >= 11 is 0. The number of hydrogen-bond acceptors (Lipinski definition) is 3. The molecule has 2 rings (SSSR count). The molecule has 0 spiro atoms. The lowest BCUT2D eigenvalue weighted by Crippen LogP contribution is -2.50. The normalized spacial score (nSPS) is 26.8. The number of nitrogens with zero attached hydrogens (tertiary/aromatic N) is 2.